The third-order valence-electron chi connectivity index (χ3n) is 6.73. The molecule has 13 heteroatoms. The predicted molar refractivity (Wildman–Crippen MR) is 156 cm³/mol. The summed E-state index contributed by atoms with van der Waals surface area (Å²) < 4.78 is 0. The van der Waals surface area contributed by atoms with Crippen LogP contribution in [0.4, 0.5) is 21.8 Å². The van der Waals surface area contributed by atoms with Crippen molar-refractivity contribution >= 4 is 44.4 Å². The van der Waals surface area contributed by atoms with E-state index in [1.54, 1.807) is 41.3 Å². The van der Waals surface area contributed by atoms with Crippen molar-refractivity contribution in [3.8, 4) is 22.5 Å². The molecule has 6 aromatic rings. The molecule has 6 aromatic heterocycles. The largest absolute Gasteiger partial charge is 0.330 e. The maximum absolute atomic E-state index is 4.74. The number of aromatic amines is 2. The number of H-pyrrole nitrogens is 2. The van der Waals surface area contributed by atoms with Gasteiger partial charge in [-0.1, -0.05) is 0 Å². The van der Waals surface area contributed by atoms with Crippen molar-refractivity contribution in [2.45, 2.75) is 38.5 Å². The Morgan fingerprint density at radius 3 is 1.98 bits per heavy atom. The summed E-state index contributed by atoms with van der Waals surface area (Å²) in [4.78, 5) is 24.3. The van der Waals surface area contributed by atoms with E-state index in [0.29, 0.717) is 0 Å². The van der Waals surface area contributed by atoms with Crippen LogP contribution in [0.5, 0.6) is 0 Å². The standard InChI is InChI=1S/C14H13N5S.C13H12N6S/c1-4-11-10(8-16-19-11)13-12(5-1)20-14(18-13)17-9-3-2-6-15-7-9;1-2-9-8(6-16-19-9)12-10(3-1)20-13(18-12)17-11-4-5-14-7-15-11/h2-3,6-8H,1,4-5H2,(H,16,19)(H,17,18);4-7H,1-3H2,(H,16,19)(H,14,15,17,18). The van der Waals surface area contributed by atoms with Crippen molar-refractivity contribution in [2.75, 3.05) is 10.6 Å². The molecule has 0 amide bonds. The average Bonchev–Trinajstić information content (AvgIpc) is 3.76. The average molecular weight is 568 g/mol. The van der Waals surface area contributed by atoms with Crippen molar-refractivity contribution in [2.24, 2.45) is 0 Å². The molecule has 2 aliphatic rings. The fourth-order valence-corrected chi connectivity index (χ4v) is 6.93. The number of pyridine rings is 1. The Bertz CT molecular complexity index is 1590. The highest BCUT2D eigenvalue weighted by Crippen LogP contribution is 2.38. The quantitative estimate of drug-likeness (QED) is 0.210. The van der Waals surface area contributed by atoms with E-state index in [0.717, 1.165) is 82.8 Å². The first-order chi connectivity index (χ1) is 19.8. The lowest BCUT2D eigenvalue weighted by Gasteiger charge is -2.00. The Balaban J connectivity index is 0.000000132. The van der Waals surface area contributed by atoms with Crippen molar-refractivity contribution in [3.63, 3.8) is 0 Å². The zero-order valence-electron chi connectivity index (χ0n) is 21.4. The second kappa shape index (κ2) is 10.9. The maximum atomic E-state index is 4.74. The van der Waals surface area contributed by atoms with Gasteiger partial charge in [-0.2, -0.15) is 10.2 Å². The minimum Gasteiger partial charge on any atom is -0.330 e. The van der Waals surface area contributed by atoms with Crippen LogP contribution < -0.4 is 10.6 Å². The molecule has 6 heterocycles. The lowest BCUT2D eigenvalue weighted by atomic mass is 10.2. The van der Waals surface area contributed by atoms with E-state index in [4.69, 9.17) is 9.97 Å². The van der Waals surface area contributed by atoms with Gasteiger partial charge in [0, 0.05) is 44.7 Å². The van der Waals surface area contributed by atoms with E-state index in [9.17, 15) is 0 Å². The molecule has 0 bridgehead atoms. The lowest BCUT2D eigenvalue weighted by Crippen LogP contribution is -1.93. The van der Waals surface area contributed by atoms with Crippen molar-refractivity contribution in [1.29, 1.82) is 0 Å². The number of anilines is 4. The Labute approximate surface area is 237 Å². The molecule has 0 atom stereocenters. The van der Waals surface area contributed by atoms with Crippen LogP contribution in [0.2, 0.25) is 0 Å². The van der Waals surface area contributed by atoms with E-state index < -0.39 is 0 Å². The summed E-state index contributed by atoms with van der Waals surface area (Å²) in [6.07, 6.45) is 17.0. The van der Waals surface area contributed by atoms with E-state index in [-0.39, 0.29) is 0 Å². The molecule has 200 valence electrons. The monoisotopic (exact) mass is 567 g/mol. The van der Waals surface area contributed by atoms with Gasteiger partial charge in [-0.25, -0.2) is 19.9 Å². The van der Waals surface area contributed by atoms with Crippen LogP contribution in [-0.4, -0.2) is 45.3 Å². The molecule has 0 aromatic carbocycles. The Kier molecular flexibility index (Phi) is 6.71. The number of fused-ring (bicyclic) bond motifs is 6. The normalized spacial score (nSPS) is 13.4. The number of thiazole rings is 2. The van der Waals surface area contributed by atoms with Crippen LogP contribution in [0, 0.1) is 0 Å². The summed E-state index contributed by atoms with van der Waals surface area (Å²) in [5.74, 6) is 0.760. The first-order valence-corrected chi connectivity index (χ1v) is 14.7. The summed E-state index contributed by atoms with van der Waals surface area (Å²) >= 11 is 3.41. The highest BCUT2D eigenvalue weighted by atomic mass is 32.1. The summed E-state index contributed by atoms with van der Waals surface area (Å²) in [6.45, 7) is 0. The number of aryl methyl sites for hydroxylation is 4. The number of nitrogens with zero attached hydrogens (tertiary/aromatic N) is 7. The summed E-state index contributed by atoms with van der Waals surface area (Å²) in [5, 5.41) is 22.8. The molecule has 0 spiro atoms. The third kappa shape index (κ3) is 5.08. The van der Waals surface area contributed by atoms with Crippen LogP contribution in [-0.2, 0) is 25.7 Å². The number of aromatic nitrogens is 9. The number of hydrogen-bond donors (Lipinski definition) is 4. The number of hydrogen-bond acceptors (Lipinski definition) is 11. The second-order valence-electron chi connectivity index (χ2n) is 9.40. The van der Waals surface area contributed by atoms with Gasteiger partial charge in [0.15, 0.2) is 10.3 Å². The molecular formula is C27H25N11S2. The lowest BCUT2D eigenvalue weighted by molar-refractivity contribution is 0.811. The van der Waals surface area contributed by atoms with Gasteiger partial charge in [-0.05, 0) is 56.7 Å². The third-order valence-corrected chi connectivity index (χ3v) is 8.79. The molecule has 0 unspecified atom stereocenters. The molecule has 0 saturated carbocycles. The van der Waals surface area contributed by atoms with E-state index in [2.05, 4.69) is 46.0 Å². The maximum Gasteiger partial charge on any atom is 0.189 e. The van der Waals surface area contributed by atoms with Crippen molar-refractivity contribution in [3.05, 3.63) is 76.7 Å². The molecule has 40 heavy (non-hydrogen) atoms. The Morgan fingerprint density at radius 1 is 0.700 bits per heavy atom. The molecule has 8 rings (SSSR count). The molecule has 4 N–H and O–H groups in total. The fraction of sp³-hybridized carbons (Fsp3) is 0.222. The van der Waals surface area contributed by atoms with Gasteiger partial charge in [0.2, 0.25) is 0 Å². The minimum absolute atomic E-state index is 0.760. The molecule has 0 fully saturated rings. The van der Waals surface area contributed by atoms with Crippen LogP contribution in [0.1, 0.15) is 34.0 Å². The summed E-state index contributed by atoms with van der Waals surface area (Å²) in [7, 11) is 0. The first-order valence-electron chi connectivity index (χ1n) is 13.0. The van der Waals surface area contributed by atoms with E-state index in [1.807, 2.05) is 30.6 Å². The molecule has 0 radical (unpaired) electrons. The van der Waals surface area contributed by atoms with Gasteiger partial charge >= 0.3 is 0 Å². The molecule has 0 saturated heterocycles. The van der Waals surface area contributed by atoms with Crippen LogP contribution in [0.3, 0.4) is 0 Å². The first kappa shape index (κ1) is 24.5. The molecule has 11 nitrogen and oxygen atoms in total. The van der Waals surface area contributed by atoms with Gasteiger partial charge in [0.1, 0.15) is 12.1 Å². The highest BCUT2D eigenvalue weighted by molar-refractivity contribution is 7.16. The number of nitrogens with one attached hydrogen (secondary N) is 4. The smallest absolute Gasteiger partial charge is 0.189 e. The fourth-order valence-electron chi connectivity index (χ4n) is 4.87. The van der Waals surface area contributed by atoms with Crippen molar-refractivity contribution < 1.29 is 0 Å². The Hall–Kier alpha value is -4.49. The van der Waals surface area contributed by atoms with E-state index >= 15 is 0 Å². The van der Waals surface area contributed by atoms with Gasteiger partial charge in [-0.15, -0.1) is 22.7 Å². The van der Waals surface area contributed by atoms with Gasteiger partial charge in [0.05, 0.1) is 35.7 Å². The molecule has 0 aliphatic heterocycles. The Morgan fingerprint density at radius 2 is 1.38 bits per heavy atom. The van der Waals surface area contributed by atoms with Crippen LogP contribution in [0.15, 0.2) is 55.5 Å². The molecule has 2 aliphatic carbocycles. The topological polar surface area (TPSA) is 146 Å². The predicted octanol–water partition coefficient (Wildman–Crippen LogP) is 5.72. The van der Waals surface area contributed by atoms with E-state index in [1.165, 1.54) is 27.5 Å². The zero-order chi connectivity index (χ0) is 26.7. The van der Waals surface area contributed by atoms with Gasteiger partial charge in [0.25, 0.3) is 0 Å². The second-order valence-corrected chi connectivity index (χ2v) is 11.6. The zero-order valence-corrected chi connectivity index (χ0v) is 23.0. The number of rotatable bonds is 4. The minimum atomic E-state index is 0.760. The SMILES string of the molecule is c1cc(Nc2nc3c(s2)CCCc2[nH]ncc2-3)ncn1.c1cncc(Nc2nc3c(s2)CCCc2[nH]ncc2-3)c1. The van der Waals surface area contributed by atoms with Gasteiger partial charge in [-0.3, -0.25) is 15.2 Å². The van der Waals surface area contributed by atoms with Gasteiger partial charge < -0.3 is 10.6 Å². The van der Waals surface area contributed by atoms with Crippen LogP contribution in [0.25, 0.3) is 22.5 Å². The summed E-state index contributed by atoms with van der Waals surface area (Å²) in [6, 6.07) is 5.73. The summed E-state index contributed by atoms with van der Waals surface area (Å²) in [5.41, 5.74) is 7.74. The highest BCUT2D eigenvalue weighted by Gasteiger charge is 2.22. The van der Waals surface area contributed by atoms with Crippen LogP contribution >= 0.6 is 22.7 Å². The molecular weight excluding hydrogens is 543 g/mol. The van der Waals surface area contributed by atoms with Crippen molar-refractivity contribution in [1.82, 2.24) is 45.3 Å².